The molecule has 5 atom stereocenters. The highest BCUT2D eigenvalue weighted by atomic mass is 31.2. The Balaban J connectivity index is 1.73. The van der Waals surface area contributed by atoms with Crippen LogP contribution in [0.1, 0.15) is 27.0 Å². The summed E-state index contributed by atoms with van der Waals surface area (Å²) in [5, 5.41) is 2.47. The number of fused-ring (bicyclic) bond motifs is 1. The highest BCUT2D eigenvalue weighted by Gasteiger charge is 2.62. The molecule has 0 spiro atoms. The molecule has 4 N–H and O–H groups in total. The van der Waals surface area contributed by atoms with Crippen molar-refractivity contribution >= 4 is 19.9 Å². The average Bonchev–Trinajstić information content (AvgIpc) is 2.88. The number of rotatable bonds is 5. The molecular weight excluding hydrogens is 445 g/mol. The van der Waals surface area contributed by atoms with Crippen LogP contribution in [-0.2, 0) is 28.1 Å². The molecule has 1 aromatic rings. The molecule has 1 radical (unpaired) electrons. The lowest BCUT2D eigenvalue weighted by Crippen LogP contribution is -2.46. The van der Waals surface area contributed by atoms with E-state index in [2.05, 4.69) is 10.1 Å². The van der Waals surface area contributed by atoms with Crippen LogP contribution in [0, 0.1) is 0 Å². The number of halogens is 2. The van der Waals surface area contributed by atoms with Crippen LogP contribution in [0.15, 0.2) is 17.1 Å². The number of ether oxygens (including phenoxy) is 3. The van der Waals surface area contributed by atoms with Crippen LogP contribution < -0.4 is 16.5 Å². The average molecular weight is 469 g/mol. The lowest BCUT2D eigenvalue weighted by atomic mass is 10.1. The van der Waals surface area contributed by atoms with Gasteiger partial charge in [-0.05, 0) is 26.8 Å². The summed E-state index contributed by atoms with van der Waals surface area (Å²) >= 11 is 0. The zero-order valence-corrected chi connectivity index (χ0v) is 17.8. The molecule has 0 bridgehead atoms. The Morgan fingerprint density at radius 3 is 2.81 bits per heavy atom. The molecule has 1 aromatic heterocycles. The van der Waals surface area contributed by atoms with Crippen molar-refractivity contribution in [1.29, 1.82) is 0 Å². The number of esters is 1. The van der Waals surface area contributed by atoms with E-state index in [0.717, 1.165) is 6.20 Å². The second-order valence-electron chi connectivity index (χ2n) is 7.23. The normalized spacial score (nSPS) is 31.5. The van der Waals surface area contributed by atoms with Gasteiger partial charge in [-0.1, -0.05) is 0 Å². The number of nitrogens with one attached hydrogen (secondary N) is 1. The molecule has 31 heavy (non-hydrogen) atoms. The van der Waals surface area contributed by atoms with E-state index < -0.39 is 63.6 Å². The summed E-state index contributed by atoms with van der Waals surface area (Å²) < 4.78 is 56.4. The van der Waals surface area contributed by atoms with E-state index in [1.807, 2.05) is 0 Å². The molecule has 2 saturated heterocycles. The minimum Gasteiger partial charge on any atom is -0.462 e. The molecule has 0 aliphatic carbocycles. The number of carbonyl (C=O) groups is 1. The van der Waals surface area contributed by atoms with Gasteiger partial charge < -0.3 is 29.4 Å². The van der Waals surface area contributed by atoms with Crippen molar-refractivity contribution in [2.24, 2.45) is 0 Å². The molecule has 2 fully saturated rings. The van der Waals surface area contributed by atoms with Gasteiger partial charge in [0.1, 0.15) is 18.0 Å². The molecule has 0 aromatic carbocycles. The quantitative estimate of drug-likeness (QED) is 0.404. The van der Waals surface area contributed by atoms with E-state index in [1.54, 1.807) is 13.8 Å². The van der Waals surface area contributed by atoms with E-state index in [9.17, 15) is 23.3 Å². The maximum atomic E-state index is 14.9. The van der Waals surface area contributed by atoms with Gasteiger partial charge in [0.25, 0.3) is 0 Å². The monoisotopic (exact) mass is 469 g/mol. The van der Waals surface area contributed by atoms with Crippen molar-refractivity contribution in [3.8, 4) is 0 Å². The van der Waals surface area contributed by atoms with Gasteiger partial charge in [-0.15, -0.1) is 0 Å². The zero-order valence-electron chi connectivity index (χ0n) is 16.9. The van der Waals surface area contributed by atoms with Crippen LogP contribution in [0.2, 0.25) is 0 Å². The fourth-order valence-electron chi connectivity index (χ4n) is 3.01. The van der Waals surface area contributed by atoms with Gasteiger partial charge in [-0.25, -0.2) is 9.88 Å². The number of hydrogen-bond donors (Lipinski definition) is 3. The molecule has 0 saturated carbocycles. The third kappa shape index (κ3) is 5.17. The van der Waals surface area contributed by atoms with Crippen molar-refractivity contribution in [2.45, 2.75) is 57.3 Å². The number of nitrogens with two attached hydrogens (primary N) is 1. The van der Waals surface area contributed by atoms with Crippen LogP contribution in [0.3, 0.4) is 0 Å². The number of anilines is 1. The minimum atomic E-state index is -3.89. The third-order valence-electron chi connectivity index (χ3n) is 4.41. The van der Waals surface area contributed by atoms with Crippen LogP contribution in [-0.4, -0.2) is 64.1 Å². The van der Waals surface area contributed by atoms with Crippen molar-refractivity contribution in [2.75, 3.05) is 19.1 Å². The van der Waals surface area contributed by atoms with Crippen molar-refractivity contribution in [1.82, 2.24) is 14.6 Å². The number of alkyl halides is 2. The number of aromatic nitrogens is 2. The lowest BCUT2D eigenvalue weighted by Gasteiger charge is -2.35. The van der Waals surface area contributed by atoms with Gasteiger partial charge >= 0.3 is 25.7 Å². The summed E-state index contributed by atoms with van der Waals surface area (Å²) in [4.78, 5) is 37.9. The van der Waals surface area contributed by atoms with E-state index in [0.29, 0.717) is 4.57 Å². The summed E-state index contributed by atoms with van der Waals surface area (Å²) in [6.07, 6.45) is -4.58. The predicted octanol–water partition coefficient (Wildman–Crippen LogP) is 0.347. The SMILES string of the molecule is CC(C)OC(=O)[C@H](C)N[P]1(O)OCO[C@@H]2[C@@H](CO1)O[C@@H](n1ccc(N)nc1=O)C2(F)F. The first-order valence-electron chi connectivity index (χ1n) is 9.31. The summed E-state index contributed by atoms with van der Waals surface area (Å²) in [6, 6.07) is 0.155. The number of nitrogen functional groups attached to an aromatic ring is 1. The number of hydrogen-bond acceptors (Lipinski definition) is 11. The largest absolute Gasteiger partial charge is 0.462 e. The summed E-state index contributed by atoms with van der Waals surface area (Å²) in [5.41, 5.74) is 4.36. The smallest absolute Gasteiger partial charge is 0.351 e. The Hall–Kier alpha value is -1.80. The predicted molar refractivity (Wildman–Crippen MR) is 102 cm³/mol. The van der Waals surface area contributed by atoms with Crippen LogP contribution in [0.25, 0.3) is 0 Å². The van der Waals surface area contributed by atoms with Crippen LogP contribution in [0.4, 0.5) is 14.6 Å². The summed E-state index contributed by atoms with van der Waals surface area (Å²) in [7, 11) is -3.89. The first-order chi connectivity index (χ1) is 14.4. The Kier molecular flexibility index (Phi) is 6.91. The molecular formula is C16H24F2N4O8P. The highest BCUT2D eigenvalue weighted by Crippen LogP contribution is 2.56. The van der Waals surface area contributed by atoms with Crippen molar-refractivity contribution in [3.63, 3.8) is 0 Å². The molecule has 175 valence electrons. The summed E-state index contributed by atoms with van der Waals surface area (Å²) in [6.45, 7) is 3.36. The highest BCUT2D eigenvalue weighted by molar-refractivity contribution is 7.58. The Labute approximate surface area is 176 Å². The Morgan fingerprint density at radius 1 is 1.45 bits per heavy atom. The maximum absolute atomic E-state index is 14.9. The van der Waals surface area contributed by atoms with E-state index in [4.69, 9.17) is 29.0 Å². The van der Waals surface area contributed by atoms with Gasteiger partial charge in [-0.2, -0.15) is 13.8 Å². The van der Waals surface area contributed by atoms with E-state index >= 15 is 0 Å². The van der Waals surface area contributed by atoms with Crippen molar-refractivity contribution < 1.29 is 41.7 Å². The molecule has 3 heterocycles. The standard InChI is InChI=1S/C16H24F2N4O8P/c1-8(2)29-13(23)9(3)21-31(25)27-6-10-12(26-7-28-31)16(17,18)14(30-10)22-5-4-11(19)20-15(22)24/h4-5,8-10,12,14,21,25H,6-7H2,1-3H3,(H2,19,20,24)/t9-,10+,12+,14+/m0/s1. The molecule has 0 amide bonds. The first kappa shape index (κ1) is 23.9. The second-order valence-corrected chi connectivity index (χ2v) is 9.05. The second kappa shape index (κ2) is 8.98. The van der Waals surface area contributed by atoms with E-state index in [1.165, 1.54) is 13.0 Å². The molecule has 12 nitrogen and oxygen atoms in total. The summed E-state index contributed by atoms with van der Waals surface area (Å²) in [5.74, 6) is -4.46. The van der Waals surface area contributed by atoms with Gasteiger partial charge in [0, 0.05) is 6.20 Å². The fraction of sp³-hybridized carbons (Fsp3) is 0.688. The first-order valence-corrected chi connectivity index (χ1v) is 10.9. The van der Waals surface area contributed by atoms with Gasteiger partial charge in [-0.3, -0.25) is 13.9 Å². The minimum absolute atomic E-state index is 0.132. The molecule has 15 heteroatoms. The molecule has 1 unspecified atom stereocenters. The Bertz CT molecular complexity index is 874. The lowest BCUT2D eigenvalue weighted by molar-refractivity contribution is -0.176. The number of nitrogens with zero attached hydrogens (tertiary/aromatic N) is 2. The van der Waals surface area contributed by atoms with Crippen LogP contribution in [0.5, 0.6) is 0 Å². The van der Waals surface area contributed by atoms with Crippen LogP contribution >= 0.6 is 8.09 Å². The molecule has 3 rings (SSSR count). The topological polar surface area (TPSA) is 156 Å². The zero-order chi connectivity index (χ0) is 23.0. The van der Waals surface area contributed by atoms with E-state index in [-0.39, 0.29) is 11.9 Å². The number of carbonyl (C=O) groups excluding carboxylic acids is 1. The van der Waals surface area contributed by atoms with Gasteiger partial charge in [0.15, 0.2) is 12.9 Å². The maximum Gasteiger partial charge on any atom is 0.351 e. The van der Waals surface area contributed by atoms with Gasteiger partial charge in [0.05, 0.1) is 12.7 Å². The Morgan fingerprint density at radius 2 is 2.16 bits per heavy atom. The van der Waals surface area contributed by atoms with Crippen molar-refractivity contribution in [3.05, 3.63) is 22.7 Å². The van der Waals surface area contributed by atoms with Gasteiger partial charge in [0.2, 0.25) is 6.23 Å². The molecule has 2 aliphatic rings. The molecule has 2 aliphatic heterocycles. The fourth-order valence-corrected chi connectivity index (χ4v) is 4.38. The third-order valence-corrected chi connectivity index (χ3v) is 6.07.